The molecule has 2 heterocycles. The molecule has 2 aromatic carbocycles. The van der Waals surface area contributed by atoms with Gasteiger partial charge in [-0.3, -0.25) is 24.4 Å². The van der Waals surface area contributed by atoms with Crippen LogP contribution in [0.4, 0.5) is 17.1 Å². The summed E-state index contributed by atoms with van der Waals surface area (Å²) in [5.41, 5.74) is 0.318. The van der Waals surface area contributed by atoms with Crippen molar-refractivity contribution < 1.29 is 14.7 Å². The van der Waals surface area contributed by atoms with E-state index < -0.39 is 28.8 Å². The van der Waals surface area contributed by atoms with Gasteiger partial charge in [-0.25, -0.2) is 4.79 Å². The van der Waals surface area contributed by atoms with E-state index in [4.69, 9.17) is 23.2 Å². The van der Waals surface area contributed by atoms with E-state index in [1.54, 1.807) is 36.7 Å². The van der Waals surface area contributed by atoms with Gasteiger partial charge in [0.15, 0.2) is 0 Å². The number of carboxylic acids is 1. The van der Waals surface area contributed by atoms with Gasteiger partial charge in [0.25, 0.3) is 16.8 Å². The number of carbonyl (C=O) groups excluding carboxylic acids is 1. The highest BCUT2D eigenvalue weighted by Crippen LogP contribution is 2.29. The third-order valence-electron chi connectivity index (χ3n) is 5.47. The molecule has 0 radical (unpaired) electrons. The van der Waals surface area contributed by atoms with Crippen LogP contribution in [0.3, 0.4) is 0 Å². The maximum absolute atomic E-state index is 12.6. The number of amides is 1. The van der Waals surface area contributed by atoms with E-state index in [9.17, 15) is 24.3 Å². The second kappa shape index (κ2) is 11.2. The molecular weight excluding hydrogens is 521 g/mol. The molecule has 10 nitrogen and oxygen atoms in total. The molecule has 0 aliphatic heterocycles. The van der Waals surface area contributed by atoms with Crippen molar-refractivity contribution in [1.82, 2.24) is 9.97 Å². The van der Waals surface area contributed by atoms with Gasteiger partial charge in [-0.1, -0.05) is 41.4 Å². The average Bonchev–Trinajstić information content (AvgIpc) is 2.90. The molecule has 4 N–H and O–H groups in total. The number of pyridine rings is 2. The zero-order chi connectivity index (χ0) is 26.5. The second-order valence-electron chi connectivity index (χ2n) is 7.99. The number of carboxylic acid groups (broad SMARTS) is 1. The summed E-state index contributed by atoms with van der Waals surface area (Å²) >= 11 is 12.1. The van der Waals surface area contributed by atoms with Crippen LogP contribution in [0, 0.1) is 0 Å². The van der Waals surface area contributed by atoms with Gasteiger partial charge < -0.3 is 21.1 Å². The van der Waals surface area contributed by atoms with Crippen molar-refractivity contribution >= 4 is 52.1 Å². The van der Waals surface area contributed by atoms with Crippen LogP contribution in [0.5, 0.6) is 0 Å². The van der Waals surface area contributed by atoms with Crippen LogP contribution in [0.2, 0.25) is 10.0 Å². The first-order valence-electron chi connectivity index (χ1n) is 10.9. The standard InChI is InChI=1S/C25H19Cl2N5O5/c26-16-11-29-12-17(27)19(16)32-24(35)15-5-3-13(4-6-15)8-18(25(36)37)31-21-20(22(33)23(21)34)30-10-14-2-1-7-28-9-14/h1-7,9,11-12,18,30-31H,8,10H2,(H,36,37)(H,29,32,35)/t18-/m0/s1. The number of anilines is 3. The number of nitrogens with one attached hydrogen (secondary N) is 3. The molecule has 0 bridgehead atoms. The predicted molar refractivity (Wildman–Crippen MR) is 140 cm³/mol. The molecule has 0 aliphatic rings. The van der Waals surface area contributed by atoms with Crippen molar-refractivity contribution in [1.29, 1.82) is 0 Å². The zero-order valence-corrected chi connectivity index (χ0v) is 20.5. The van der Waals surface area contributed by atoms with Gasteiger partial charge in [-0.2, -0.15) is 0 Å². The van der Waals surface area contributed by atoms with Crippen LogP contribution >= 0.6 is 23.2 Å². The van der Waals surface area contributed by atoms with Crippen molar-refractivity contribution in [3.8, 4) is 0 Å². The van der Waals surface area contributed by atoms with Crippen LogP contribution in [0.1, 0.15) is 21.5 Å². The fourth-order valence-corrected chi connectivity index (χ4v) is 3.97. The Labute approximate surface area is 220 Å². The summed E-state index contributed by atoms with van der Waals surface area (Å²) < 4.78 is 0. The van der Waals surface area contributed by atoms with Gasteiger partial charge in [0, 0.05) is 43.3 Å². The number of aliphatic carboxylic acids is 1. The first-order chi connectivity index (χ1) is 17.7. The lowest BCUT2D eigenvalue weighted by Gasteiger charge is -2.20. The first-order valence-corrected chi connectivity index (χ1v) is 11.6. The molecule has 4 aromatic rings. The maximum Gasteiger partial charge on any atom is 0.326 e. The number of nitrogens with zero attached hydrogens (tertiary/aromatic N) is 2. The largest absolute Gasteiger partial charge is 0.480 e. The Morgan fingerprint density at radius 3 is 2.16 bits per heavy atom. The monoisotopic (exact) mass is 539 g/mol. The highest BCUT2D eigenvalue weighted by Gasteiger charge is 2.26. The molecule has 0 spiro atoms. The van der Waals surface area contributed by atoms with Crippen molar-refractivity contribution in [3.63, 3.8) is 0 Å². The minimum atomic E-state index is -1.21. The molecule has 0 aliphatic carbocycles. The van der Waals surface area contributed by atoms with Crippen LogP contribution in [0.25, 0.3) is 0 Å². The smallest absolute Gasteiger partial charge is 0.326 e. The molecule has 1 amide bonds. The van der Waals surface area contributed by atoms with Gasteiger partial charge in [0.2, 0.25) is 0 Å². The van der Waals surface area contributed by atoms with E-state index >= 15 is 0 Å². The molecule has 2 aromatic heterocycles. The van der Waals surface area contributed by atoms with E-state index in [-0.39, 0.29) is 45.6 Å². The molecule has 1 atom stereocenters. The van der Waals surface area contributed by atoms with E-state index in [0.717, 1.165) is 5.56 Å². The van der Waals surface area contributed by atoms with E-state index in [2.05, 4.69) is 25.9 Å². The predicted octanol–water partition coefficient (Wildman–Crippen LogP) is 3.35. The fraction of sp³-hybridized carbons (Fsp3) is 0.120. The Bertz CT molecular complexity index is 1500. The third-order valence-corrected chi connectivity index (χ3v) is 6.04. The number of carbonyl (C=O) groups is 2. The lowest BCUT2D eigenvalue weighted by Crippen LogP contribution is -2.42. The maximum atomic E-state index is 12.6. The second-order valence-corrected chi connectivity index (χ2v) is 8.81. The van der Waals surface area contributed by atoms with E-state index in [0.29, 0.717) is 5.56 Å². The molecular formula is C25H19Cl2N5O5. The van der Waals surface area contributed by atoms with Gasteiger partial charge in [-0.05, 0) is 29.3 Å². The Kier molecular flexibility index (Phi) is 7.80. The van der Waals surface area contributed by atoms with E-state index in [1.165, 1.54) is 24.5 Å². The van der Waals surface area contributed by atoms with Crippen LogP contribution in [0.15, 0.2) is 70.8 Å². The Balaban J connectivity index is 1.43. The topological polar surface area (TPSA) is 150 Å². The summed E-state index contributed by atoms with van der Waals surface area (Å²) in [6.07, 6.45) is 5.90. The first kappa shape index (κ1) is 25.8. The van der Waals surface area contributed by atoms with Crippen molar-refractivity contribution in [2.75, 3.05) is 16.0 Å². The van der Waals surface area contributed by atoms with Crippen molar-refractivity contribution in [3.05, 3.63) is 108 Å². The molecule has 0 saturated carbocycles. The molecule has 0 fully saturated rings. The summed E-state index contributed by atoms with van der Waals surface area (Å²) in [4.78, 5) is 56.5. The molecule has 4 rings (SSSR count). The number of hydrogen-bond donors (Lipinski definition) is 4. The van der Waals surface area contributed by atoms with Crippen molar-refractivity contribution in [2.24, 2.45) is 0 Å². The molecule has 0 unspecified atom stereocenters. The summed E-state index contributed by atoms with van der Waals surface area (Å²) in [7, 11) is 0. The summed E-state index contributed by atoms with van der Waals surface area (Å²) in [5, 5.41) is 18.2. The number of benzene rings is 1. The lowest BCUT2D eigenvalue weighted by atomic mass is 10.0. The quantitative estimate of drug-likeness (QED) is 0.222. The fourth-order valence-electron chi connectivity index (χ4n) is 3.51. The Morgan fingerprint density at radius 1 is 0.865 bits per heavy atom. The highest BCUT2D eigenvalue weighted by molar-refractivity contribution is 6.39. The molecule has 0 saturated heterocycles. The van der Waals surface area contributed by atoms with Gasteiger partial charge in [-0.15, -0.1) is 0 Å². The number of halogens is 2. The van der Waals surface area contributed by atoms with Crippen LogP contribution in [-0.4, -0.2) is 33.0 Å². The number of aromatic nitrogens is 2. The summed E-state index contributed by atoms with van der Waals surface area (Å²) in [6, 6.07) is 8.55. The Morgan fingerprint density at radius 2 is 1.54 bits per heavy atom. The number of rotatable bonds is 10. The molecule has 37 heavy (non-hydrogen) atoms. The van der Waals surface area contributed by atoms with Crippen LogP contribution < -0.4 is 26.8 Å². The number of hydrogen-bond acceptors (Lipinski definition) is 8. The van der Waals surface area contributed by atoms with E-state index in [1.807, 2.05) is 0 Å². The normalized spacial score (nSPS) is 11.6. The van der Waals surface area contributed by atoms with Crippen LogP contribution in [-0.2, 0) is 17.8 Å². The Hall–Kier alpha value is -4.28. The van der Waals surface area contributed by atoms with Crippen molar-refractivity contribution in [2.45, 2.75) is 19.0 Å². The van der Waals surface area contributed by atoms with Gasteiger partial charge in [0.05, 0.1) is 15.7 Å². The van der Waals surface area contributed by atoms with Gasteiger partial charge in [0.1, 0.15) is 17.4 Å². The molecule has 188 valence electrons. The third kappa shape index (κ3) is 5.93. The van der Waals surface area contributed by atoms with Gasteiger partial charge >= 0.3 is 5.97 Å². The lowest BCUT2D eigenvalue weighted by molar-refractivity contribution is -0.137. The zero-order valence-electron chi connectivity index (χ0n) is 19.0. The summed E-state index contributed by atoms with van der Waals surface area (Å²) in [5.74, 6) is -1.68. The molecule has 12 heteroatoms. The average molecular weight is 540 g/mol. The SMILES string of the molecule is O=C(Nc1c(Cl)cncc1Cl)c1ccc(C[C@H](Nc2c(NCc3cccnc3)c(=O)c2=O)C(=O)O)cc1. The minimum absolute atomic E-state index is 0.0138. The minimum Gasteiger partial charge on any atom is -0.480 e. The highest BCUT2D eigenvalue weighted by atomic mass is 35.5. The summed E-state index contributed by atoms with van der Waals surface area (Å²) in [6.45, 7) is 0.241.